The number of alkyl halides is 2. The molecule has 0 spiro atoms. The van der Waals surface area contributed by atoms with E-state index in [1.54, 1.807) is 13.0 Å². The third kappa shape index (κ3) is 4.23. The molecular weight excluding hydrogens is 336 g/mol. The number of hydrogen-bond acceptors (Lipinski definition) is 4. The average Bonchev–Trinajstić information content (AvgIpc) is 2.81. The Bertz CT molecular complexity index is 788. The van der Waals surface area contributed by atoms with E-state index in [-0.39, 0.29) is 0 Å². The Kier molecular flexibility index (Phi) is 5.55. The van der Waals surface area contributed by atoms with Crippen LogP contribution in [-0.4, -0.2) is 51.4 Å². The molecular formula is C16H19F2N3O4. The minimum absolute atomic E-state index is 0.371. The average molecular weight is 355 g/mol. The van der Waals surface area contributed by atoms with Gasteiger partial charge in [0.25, 0.3) is 6.43 Å². The van der Waals surface area contributed by atoms with Crippen LogP contribution in [0.4, 0.5) is 14.5 Å². The number of halogens is 2. The number of anilines is 1. The number of aliphatic carboxylic acids is 2. The lowest BCUT2D eigenvalue weighted by atomic mass is 10.1. The van der Waals surface area contributed by atoms with Crippen LogP contribution in [0.1, 0.15) is 18.2 Å². The zero-order chi connectivity index (χ0) is 18.7. The van der Waals surface area contributed by atoms with E-state index in [1.165, 1.54) is 15.6 Å². The summed E-state index contributed by atoms with van der Waals surface area (Å²) in [6, 6.07) is 3.26. The van der Waals surface area contributed by atoms with Gasteiger partial charge in [0.15, 0.2) is 0 Å². The number of nitrogens with zero attached hydrogens (tertiary/aromatic N) is 3. The summed E-state index contributed by atoms with van der Waals surface area (Å²) in [5.74, 6) is -2.37. The van der Waals surface area contributed by atoms with Gasteiger partial charge in [0, 0.05) is 11.1 Å². The van der Waals surface area contributed by atoms with Crippen LogP contribution in [0, 0.1) is 6.92 Å². The number of carboxylic acids is 2. The maximum Gasteiger partial charge on any atom is 0.323 e. The van der Waals surface area contributed by atoms with Gasteiger partial charge in [-0.1, -0.05) is 6.92 Å². The second-order valence-electron chi connectivity index (χ2n) is 5.67. The van der Waals surface area contributed by atoms with E-state index >= 15 is 0 Å². The van der Waals surface area contributed by atoms with Crippen LogP contribution in [0.3, 0.4) is 0 Å². The molecule has 0 saturated carbocycles. The van der Waals surface area contributed by atoms with Gasteiger partial charge >= 0.3 is 11.9 Å². The molecule has 136 valence electrons. The summed E-state index contributed by atoms with van der Waals surface area (Å²) in [6.07, 6.45) is -2.04. The lowest BCUT2D eigenvalue weighted by molar-refractivity contribution is -0.136. The number of rotatable bonds is 8. The molecule has 0 fully saturated rings. The van der Waals surface area contributed by atoms with Crippen molar-refractivity contribution in [2.75, 3.05) is 18.0 Å². The van der Waals surface area contributed by atoms with Gasteiger partial charge in [0.1, 0.15) is 19.6 Å². The van der Waals surface area contributed by atoms with Gasteiger partial charge in [-0.05, 0) is 31.0 Å². The van der Waals surface area contributed by atoms with Crippen molar-refractivity contribution in [3.63, 3.8) is 0 Å². The maximum atomic E-state index is 12.8. The van der Waals surface area contributed by atoms with E-state index in [4.69, 9.17) is 10.2 Å². The van der Waals surface area contributed by atoms with Gasteiger partial charge in [-0.25, -0.2) is 8.78 Å². The van der Waals surface area contributed by atoms with Crippen LogP contribution >= 0.6 is 0 Å². The minimum Gasteiger partial charge on any atom is -0.480 e. The zero-order valence-corrected chi connectivity index (χ0v) is 13.9. The first-order chi connectivity index (χ1) is 11.7. The molecule has 2 rings (SSSR count). The number of hydrogen-bond donors (Lipinski definition) is 2. The first-order valence-corrected chi connectivity index (χ1v) is 7.69. The molecule has 7 nitrogen and oxygen atoms in total. The first-order valence-electron chi connectivity index (χ1n) is 7.69. The summed E-state index contributed by atoms with van der Waals surface area (Å²) < 4.78 is 26.8. The molecule has 0 atom stereocenters. The Labute approximate surface area is 142 Å². The SMILES string of the molecule is CCc1nn(CC(F)F)c2cc(N(CC(=O)O)CC(=O)O)c(C)cc12. The predicted octanol–water partition coefficient (Wildman–Crippen LogP) is 2.15. The van der Waals surface area contributed by atoms with Crippen molar-refractivity contribution in [2.45, 2.75) is 33.2 Å². The number of fused-ring (bicyclic) bond motifs is 1. The maximum absolute atomic E-state index is 12.8. The molecule has 0 aliphatic rings. The Morgan fingerprint density at radius 1 is 1.24 bits per heavy atom. The molecule has 1 aromatic carbocycles. The summed E-state index contributed by atoms with van der Waals surface area (Å²) in [4.78, 5) is 23.3. The normalized spacial score (nSPS) is 11.2. The lowest BCUT2D eigenvalue weighted by Crippen LogP contribution is -2.35. The summed E-state index contributed by atoms with van der Waals surface area (Å²) in [6.45, 7) is 1.97. The van der Waals surface area contributed by atoms with Crippen molar-refractivity contribution in [1.29, 1.82) is 0 Å². The topological polar surface area (TPSA) is 95.7 Å². The highest BCUT2D eigenvalue weighted by Gasteiger charge is 2.20. The van der Waals surface area contributed by atoms with Crippen LogP contribution in [0.15, 0.2) is 12.1 Å². The summed E-state index contributed by atoms with van der Waals surface area (Å²) in [5, 5.41) is 23.0. The first kappa shape index (κ1) is 18.6. The highest BCUT2D eigenvalue weighted by Crippen LogP contribution is 2.29. The fourth-order valence-corrected chi connectivity index (χ4v) is 2.81. The highest BCUT2D eigenvalue weighted by molar-refractivity contribution is 5.89. The Morgan fingerprint density at radius 2 is 1.84 bits per heavy atom. The second kappa shape index (κ2) is 7.45. The van der Waals surface area contributed by atoms with Gasteiger partial charge in [-0.15, -0.1) is 0 Å². The molecule has 2 aromatic rings. The standard InChI is InChI=1S/C16H19F2N3O4/c1-3-11-10-4-9(2)12(20(7-15(22)23)8-16(24)25)5-13(10)21(19-11)6-14(17)18/h4-5,14H,3,6-8H2,1-2H3,(H,22,23)(H,24,25). The van der Waals surface area contributed by atoms with Crippen LogP contribution < -0.4 is 4.90 Å². The number of aryl methyl sites for hydroxylation is 2. The van der Waals surface area contributed by atoms with Gasteiger partial charge in [-0.2, -0.15) is 5.10 Å². The molecule has 1 aromatic heterocycles. The van der Waals surface area contributed by atoms with Crippen LogP contribution in [0.5, 0.6) is 0 Å². The van der Waals surface area contributed by atoms with E-state index in [2.05, 4.69) is 5.10 Å². The highest BCUT2D eigenvalue weighted by atomic mass is 19.3. The molecule has 2 N–H and O–H groups in total. The van der Waals surface area contributed by atoms with Gasteiger partial charge < -0.3 is 15.1 Å². The van der Waals surface area contributed by atoms with Crippen molar-refractivity contribution < 1.29 is 28.6 Å². The summed E-state index contributed by atoms with van der Waals surface area (Å²) in [7, 11) is 0. The van der Waals surface area contributed by atoms with Gasteiger partial charge in [0.2, 0.25) is 0 Å². The molecule has 1 heterocycles. The van der Waals surface area contributed by atoms with Crippen molar-refractivity contribution in [2.24, 2.45) is 0 Å². The van der Waals surface area contributed by atoms with Crippen LogP contribution in [-0.2, 0) is 22.6 Å². The quantitative estimate of drug-likeness (QED) is 0.753. The number of carbonyl (C=O) groups is 2. The molecule has 0 saturated heterocycles. The number of carboxylic acid groups (broad SMARTS) is 2. The Balaban J connectivity index is 2.60. The monoisotopic (exact) mass is 355 g/mol. The summed E-state index contributed by atoms with van der Waals surface area (Å²) >= 11 is 0. The Morgan fingerprint density at radius 3 is 2.32 bits per heavy atom. The van der Waals surface area contributed by atoms with Crippen molar-refractivity contribution in [3.8, 4) is 0 Å². The largest absolute Gasteiger partial charge is 0.480 e. The van der Waals surface area contributed by atoms with E-state index in [0.717, 1.165) is 0 Å². The van der Waals surface area contributed by atoms with Gasteiger partial charge in [-0.3, -0.25) is 14.3 Å². The Hall–Kier alpha value is -2.71. The van der Waals surface area contributed by atoms with E-state index < -0.39 is 38.0 Å². The third-order valence-electron chi connectivity index (χ3n) is 3.78. The van der Waals surface area contributed by atoms with Gasteiger partial charge in [0.05, 0.1) is 11.2 Å². The molecule has 25 heavy (non-hydrogen) atoms. The van der Waals surface area contributed by atoms with Crippen molar-refractivity contribution in [1.82, 2.24) is 9.78 Å². The van der Waals surface area contributed by atoms with E-state index in [0.29, 0.717) is 34.3 Å². The summed E-state index contributed by atoms with van der Waals surface area (Å²) in [5.41, 5.74) is 2.11. The third-order valence-corrected chi connectivity index (χ3v) is 3.78. The predicted molar refractivity (Wildman–Crippen MR) is 87.3 cm³/mol. The molecule has 0 amide bonds. The molecule has 0 radical (unpaired) electrons. The lowest BCUT2D eigenvalue weighted by Gasteiger charge is -2.23. The van der Waals surface area contributed by atoms with Crippen LogP contribution in [0.2, 0.25) is 0 Å². The van der Waals surface area contributed by atoms with E-state index in [9.17, 15) is 18.4 Å². The van der Waals surface area contributed by atoms with E-state index in [1.807, 2.05) is 6.92 Å². The smallest absolute Gasteiger partial charge is 0.323 e. The molecule has 0 aliphatic heterocycles. The second-order valence-corrected chi connectivity index (χ2v) is 5.67. The van der Waals surface area contributed by atoms with Crippen molar-refractivity contribution >= 4 is 28.5 Å². The minimum atomic E-state index is -2.59. The molecule has 0 aliphatic carbocycles. The number of benzene rings is 1. The zero-order valence-electron chi connectivity index (χ0n) is 13.9. The van der Waals surface area contributed by atoms with Crippen LogP contribution in [0.25, 0.3) is 10.9 Å². The molecule has 0 unspecified atom stereocenters. The molecule has 9 heteroatoms. The van der Waals surface area contributed by atoms with Crippen molar-refractivity contribution in [3.05, 3.63) is 23.4 Å². The molecule has 0 bridgehead atoms. The fourth-order valence-electron chi connectivity index (χ4n) is 2.81. The number of aromatic nitrogens is 2. The fraction of sp³-hybridized carbons (Fsp3) is 0.438.